The summed E-state index contributed by atoms with van der Waals surface area (Å²) < 4.78 is 20.6. The Labute approximate surface area is 126 Å². The van der Waals surface area contributed by atoms with Gasteiger partial charge in [-0.25, -0.2) is 4.39 Å². The van der Waals surface area contributed by atoms with Crippen molar-refractivity contribution in [2.75, 3.05) is 0 Å². The van der Waals surface area contributed by atoms with Gasteiger partial charge in [-0.1, -0.05) is 15.9 Å². The van der Waals surface area contributed by atoms with Crippen molar-refractivity contribution in [1.29, 1.82) is 0 Å². The fourth-order valence-corrected chi connectivity index (χ4v) is 2.44. The monoisotopic (exact) mass is 337 g/mol. The predicted molar refractivity (Wildman–Crippen MR) is 82.7 cm³/mol. The van der Waals surface area contributed by atoms with Crippen molar-refractivity contribution < 1.29 is 9.13 Å². The van der Waals surface area contributed by atoms with Gasteiger partial charge in [0.25, 0.3) is 0 Å². The molecule has 0 spiro atoms. The lowest BCUT2D eigenvalue weighted by Crippen LogP contribution is -2.08. The second-order valence-corrected chi connectivity index (χ2v) is 5.86. The maximum atomic E-state index is 13.7. The van der Waals surface area contributed by atoms with E-state index in [1.165, 1.54) is 6.07 Å². The van der Waals surface area contributed by atoms with Gasteiger partial charge in [0.1, 0.15) is 17.3 Å². The van der Waals surface area contributed by atoms with E-state index in [1.807, 2.05) is 32.0 Å². The minimum absolute atomic E-state index is 0.267. The Hall–Kier alpha value is -1.39. The molecule has 2 aromatic carbocycles. The molecular weight excluding hydrogens is 321 g/mol. The minimum atomic E-state index is -0.296. The number of aryl methyl sites for hydroxylation is 2. The SMILES string of the molecule is Cc1cc(Oc2ccc(Br)cc2C)c([C@H](C)N)cc1F. The van der Waals surface area contributed by atoms with E-state index in [9.17, 15) is 4.39 Å². The highest BCUT2D eigenvalue weighted by molar-refractivity contribution is 9.10. The fourth-order valence-electron chi connectivity index (χ4n) is 1.96. The molecular formula is C16H17BrFNO. The van der Waals surface area contributed by atoms with E-state index < -0.39 is 0 Å². The number of hydrogen-bond acceptors (Lipinski definition) is 2. The largest absolute Gasteiger partial charge is 0.457 e. The lowest BCUT2D eigenvalue weighted by atomic mass is 10.0. The molecule has 0 saturated heterocycles. The van der Waals surface area contributed by atoms with Crippen LogP contribution in [0.25, 0.3) is 0 Å². The molecule has 0 aliphatic rings. The van der Waals surface area contributed by atoms with E-state index in [-0.39, 0.29) is 11.9 Å². The third-order valence-electron chi connectivity index (χ3n) is 3.14. The quantitative estimate of drug-likeness (QED) is 0.853. The number of benzene rings is 2. The summed E-state index contributed by atoms with van der Waals surface area (Å²) in [4.78, 5) is 0. The molecule has 2 N–H and O–H groups in total. The van der Waals surface area contributed by atoms with Crippen LogP contribution in [0, 0.1) is 19.7 Å². The van der Waals surface area contributed by atoms with Crippen LogP contribution < -0.4 is 10.5 Å². The summed E-state index contributed by atoms with van der Waals surface area (Å²) in [6.07, 6.45) is 0. The lowest BCUT2D eigenvalue weighted by molar-refractivity contribution is 0.465. The first kappa shape index (κ1) is 15.0. The Bertz CT molecular complexity index is 641. The number of ether oxygens (including phenoxy) is 1. The maximum absolute atomic E-state index is 13.7. The van der Waals surface area contributed by atoms with E-state index >= 15 is 0 Å². The normalized spacial score (nSPS) is 12.3. The van der Waals surface area contributed by atoms with Gasteiger partial charge in [-0.05, 0) is 62.2 Å². The Kier molecular flexibility index (Phi) is 4.45. The molecule has 0 bridgehead atoms. The third kappa shape index (κ3) is 3.19. The van der Waals surface area contributed by atoms with E-state index in [1.54, 1.807) is 13.0 Å². The summed E-state index contributed by atoms with van der Waals surface area (Å²) >= 11 is 3.42. The van der Waals surface area contributed by atoms with Gasteiger partial charge < -0.3 is 10.5 Å². The number of nitrogens with two attached hydrogens (primary N) is 1. The van der Waals surface area contributed by atoms with Gasteiger partial charge in [0.15, 0.2) is 0 Å². The molecule has 106 valence electrons. The first-order chi connectivity index (χ1) is 9.38. The third-order valence-corrected chi connectivity index (χ3v) is 3.63. The Morgan fingerprint density at radius 1 is 1.10 bits per heavy atom. The Morgan fingerprint density at radius 3 is 2.40 bits per heavy atom. The van der Waals surface area contributed by atoms with Gasteiger partial charge in [-0.3, -0.25) is 0 Å². The van der Waals surface area contributed by atoms with Crippen LogP contribution in [0.2, 0.25) is 0 Å². The molecule has 20 heavy (non-hydrogen) atoms. The number of halogens is 2. The van der Waals surface area contributed by atoms with E-state index in [0.29, 0.717) is 16.9 Å². The second kappa shape index (κ2) is 5.94. The topological polar surface area (TPSA) is 35.2 Å². The van der Waals surface area contributed by atoms with Gasteiger partial charge in [0, 0.05) is 16.1 Å². The maximum Gasteiger partial charge on any atom is 0.132 e. The summed E-state index contributed by atoms with van der Waals surface area (Å²) in [6.45, 7) is 5.48. The van der Waals surface area contributed by atoms with Crippen LogP contribution in [0.15, 0.2) is 34.8 Å². The summed E-state index contributed by atoms with van der Waals surface area (Å²) in [5.41, 5.74) is 8.10. The lowest BCUT2D eigenvalue weighted by Gasteiger charge is -2.16. The molecule has 0 saturated carbocycles. The summed E-state index contributed by atoms with van der Waals surface area (Å²) in [5, 5.41) is 0. The predicted octanol–water partition coefficient (Wildman–Crippen LogP) is 5.02. The molecule has 2 rings (SSSR count). The average Bonchev–Trinajstić information content (AvgIpc) is 2.36. The molecule has 0 amide bonds. The van der Waals surface area contributed by atoms with Gasteiger partial charge >= 0.3 is 0 Å². The highest BCUT2D eigenvalue weighted by atomic mass is 79.9. The Balaban J connectivity index is 2.44. The van der Waals surface area contributed by atoms with Crippen LogP contribution in [0.3, 0.4) is 0 Å². The summed E-state index contributed by atoms with van der Waals surface area (Å²) in [7, 11) is 0. The van der Waals surface area contributed by atoms with Gasteiger partial charge in [-0.2, -0.15) is 0 Å². The van der Waals surface area contributed by atoms with E-state index in [2.05, 4.69) is 15.9 Å². The zero-order chi connectivity index (χ0) is 14.9. The number of hydrogen-bond donors (Lipinski definition) is 1. The van der Waals surface area contributed by atoms with Crippen molar-refractivity contribution in [3.63, 3.8) is 0 Å². The van der Waals surface area contributed by atoms with E-state index in [0.717, 1.165) is 15.8 Å². The standard InChI is InChI=1S/C16H17BrFNO/c1-9-7-16(13(11(3)19)8-14(9)18)20-15-5-4-12(17)6-10(15)2/h4-8,11H,19H2,1-3H3/t11-/m0/s1. The van der Waals surface area contributed by atoms with Crippen molar-refractivity contribution >= 4 is 15.9 Å². The zero-order valence-electron chi connectivity index (χ0n) is 11.7. The molecule has 2 nitrogen and oxygen atoms in total. The molecule has 2 aromatic rings. The van der Waals surface area contributed by atoms with Crippen LogP contribution in [-0.4, -0.2) is 0 Å². The zero-order valence-corrected chi connectivity index (χ0v) is 13.3. The van der Waals surface area contributed by atoms with Gasteiger partial charge in [0.2, 0.25) is 0 Å². The van der Waals surface area contributed by atoms with Gasteiger partial charge in [0.05, 0.1) is 0 Å². The van der Waals surface area contributed by atoms with Crippen molar-refractivity contribution in [2.24, 2.45) is 5.73 Å². The van der Waals surface area contributed by atoms with Crippen molar-refractivity contribution in [2.45, 2.75) is 26.8 Å². The molecule has 0 aliphatic heterocycles. The van der Waals surface area contributed by atoms with Crippen molar-refractivity contribution in [1.82, 2.24) is 0 Å². The van der Waals surface area contributed by atoms with Crippen LogP contribution in [0.4, 0.5) is 4.39 Å². The Morgan fingerprint density at radius 2 is 1.80 bits per heavy atom. The van der Waals surface area contributed by atoms with Gasteiger partial charge in [-0.15, -0.1) is 0 Å². The molecule has 0 unspecified atom stereocenters. The van der Waals surface area contributed by atoms with E-state index in [4.69, 9.17) is 10.5 Å². The van der Waals surface area contributed by atoms with Crippen LogP contribution in [0.1, 0.15) is 29.7 Å². The number of rotatable bonds is 3. The minimum Gasteiger partial charge on any atom is -0.457 e. The molecule has 0 heterocycles. The molecule has 0 fully saturated rings. The first-order valence-corrected chi connectivity index (χ1v) is 7.17. The molecule has 0 aromatic heterocycles. The van der Waals surface area contributed by atoms with Crippen molar-refractivity contribution in [3.05, 3.63) is 57.3 Å². The highest BCUT2D eigenvalue weighted by Crippen LogP contribution is 2.33. The molecule has 4 heteroatoms. The summed E-state index contributed by atoms with van der Waals surface area (Å²) in [6, 6.07) is 8.60. The fraction of sp³-hybridized carbons (Fsp3) is 0.250. The second-order valence-electron chi connectivity index (χ2n) is 4.94. The first-order valence-electron chi connectivity index (χ1n) is 6.38. The van der Waals surface area contributed by atoms with Crippen LogP contribution >= 0.6 is 15.9 Å². The molecule has 0 aliphatic carbocycles. The average molecular weight is 338 g/mol. The van der Waals surface area contributed by atoms with Crippen molar-refractivity contribution in [3.8, 4) is 11.5 Å². The smallest absolute Gasteiger partial charge is 0.132 e. The molecule has 1 atom stereocenters. The van der Waals surface area contributed by atoms with Crippen LogP contribution in [-0.2, 0) is 0 Å². The van der Waals surface area contributed by atoms with Crippen LogP contribution in [0.5, 0.6) is 11.5 Å². The summed E-state index contributed by atoms with van der Waals surface area (Å²) in [5.74, 6) is 1.07. The molecule has 0 radical (unpaired) electrons. The highest BCUT2D eigenvalue weighted by Gasteiger charge is 2.13.